The second kappa shape index (κ2) is 60.5. The number of ether oxygens (including phenoxy) is 3. The maximum absolute atomic E-state index is 12.9. The molecule has 0 saturated heterocycles. The van der Waals surface area contributed by atoms with Crippen molar-refractivity contribution in [2.45, 2.75) is 257 Å². The molecule has 0 radical (unpaired) electrons. The van der Waals surface area contributed by atoms with Crippen molar-refractivity contribution in [2.24, 2.45) is 0 Å². The molecule has 85 heavy (non-hydrogen) atoms. The zero-order valence-electron chi connectivity index (χ0n) is 52.5. The van der Waals surface area contributed by atoms with Gasteiger partial charge in [0.1, 0.15) is 25.4 Å². The first-order valence-electron chi connectivity index (χ1n) is 32.2. The second-order valence-corrected chi connectivity index (χ2v) is 24.1. The number of phosphoric acid groups is 2. The van der Waals surface area contributed by atoms with E-state index in [1.165, 1.54) is 38.5 Å². The number of rotatable bonds is 60. The number of unbranched alkanes of at least 4 members (excludes halogenated alkanes) is 19. The summed E-state index contributed by atoms with van der Waals surface area (Å²) in [6.45, 7) is 2.35. The van der Waals surface area contributed by atoms with E-state index in [1.807, 2.05) is 0 Å². The Kier molecular flexibility index (Phi) is 57.8. The Balaban J connectivity index is 4.76. The first-order chi connectivity index (χ1) is 41.2. The minimum Gasteiger partial charge on any atom is -0.463 e. The maximum atomic E-state index is 12.9. The fourth-order valence-electron chi connectivity index (χ4n) is 8.07. The lowest BCUT2D eigenvalue weighted by atomic mass is 10.1. The highest BCUT2D eigenvalue weighted by Gasteiger charge is 2.29. The van der Waals surface area contributed by atoms with E-state index < -0.39 is 91.5 Å². The highest BCUT2D eigenvalue weighted by Crippen LogP contribution is 2.45. The van der Waals surface area contributed by atoms with Gasteiger partial charge >= 0.3 is 33.6 Å². The van der Waals surface area contributed by atoms with Crippen LogP contribution in [0, 0.1) is 0 Å². The number of phosphoric ester groups is 2. The Morgan fingerprint density at radius 2 is 0.624 bits per heavy atom. The summed E-state index contributed by atoms with van der Waals surface area (Å²) < 4.78 is 60.7. The van der Waals surface area contributed by atoms with Gasteiger partial charge in [-0.15, -0.1) is 0 Å². The van der Waals surface area contributed by atoms with Crippen molar-refractivity contribution in [3.63, 3.8) is 0 Å². The molecule has 0 aromatic rings. The molecule has 0 heterocycles. The molecule has 0 aromatic heterocycles. The van der Waals surface area contributed by atoms with Crippen LogP contribution >= 0.6 is 15.6 Å². The average molecular weight is 1240 g/mol. The zero-order chi connectivity index (χ0) is 62.4. The third kappa shape index (κ3) is 61.6. The maximum Gasteiger partial charge on any atom is 0.472 e. The van der Waals surface area contributed by atoms with E-state index in [-0.39, 0.29) is 19.3 Å². The fourth-order valence-corrected chi connectivity index (χ4v) is 9.66. The molecule has 0 saturated carbocycles. The first-order valence-corrected chi connectivity index (χ1v) is 35.2. The van der Waals surface area contributed by atoms with Gasteiger partial charge in [-0.05, 0) is 122 Å². The van der Waals surface area contributed by atoms with Gasteiger partial charge in [0, 0.05) is 19.3 Å². The van der Waals surface area contributed by atoms with Crippen molar-refractivity contribution in [1.82, 2.24) is 0 Å². The van der Waals surface area contributed by atoms with Crippen LogP contribution in [0.5, 0.6) is 0 Å². The third-order valence-electron chi connectivity index (χ3n) is 13.0. The van der Waals surface area contributed by atoms with Crippen LogP contribution in [0.1, 0.15) is 239 Å². The number of esters is 3. The van der Waals surface area contributed by atoms with Gasteiger partial charge < -0.3 is 34.2 Å². The van der Waals surface area contributed by atoms with Gasteiger partial charge in [0.15, 0.2) is 6.10 Å². The molecule has 0 aromatic carbocycles. The van der Waals surface area contributed by atoms with Crippen LogP contribution in [0.15, 0.2) is 109 Å². The molecule has 0 amide bonds. The van der Waals surface area contributed by atoms with Gasteiger partial charge in [0.05, 0.1) is 26.4 Å². The second-order valence-electron chi connectivity index (χ2n) is 21.1. The summed E-state index contributed by atoms with van der Waals surface area (Å²) >= 11 is 0. The number of carbonyl (C=O) groups excluding carboxylic acids is 3. The van der Waals surface area contributed by atoms with Crippen LogP contribution in [0.25, 0.3) is 0 Å². The lowest BCUT2D eigenvalue weighted by Gasteiger charge is -2.21. The topological polar surface area (TPSA) is 231 Å². The predicted octanol–water partition coefficient (Wildman–Crippen LogP) is 17.3. The van der Waals surface area contributed by atoms with E-state index in [9.17, 15) is 43.5 Å². The number of carbonyl (C=O) groups is 3. The Morgan fingerprint density at radius 3 is 1.00 bits per heavy atom. The van der Waals surface area contributed by atoms with Gasteiger partial charge in [-0.3, -0.25) is 32.5 Å². The SMILES string of the molecule is CC/C=C\C/C=C\C/C=C\C/C=C\CCCCCCC(=O)OCC(O)COP(=O)(O)OCC(O)COP(=O)(O)OCC(COC(=O)CCCCCC/C=C\C/C=C\C/C=C\C/C=C\CC)OC(=O)CCCCCCC/C=C\CCCCCCCC. The quantitative estimate of drug-likeness (QED) is 0.0146. The summed E-state index contributed by atoms with van der Waals surface area (Å²) in [4.78, 5) is 58.2. The smallest absolute Gasteiger partial charge is 0.463 e. The summed E-state index contributed by atoms with van der Waals surface area (Å²) in [6, 6.07) is 0. The van der Waals surface area contributed by atoms with E-state index in [0.717, 1.165) is 141 Å². The van der Waals surface area contributed by atoms with Gasteiger partial charge in [0.2, 0.25) is 0 Å². The molecule has 18 heteroatoms. The Hall–Kier alpha value is -3.79. The van der Waals surface area contributed by atoms with Crippen LogP contribution in [0.2, 0.25) is 0 Å². The number of allylic oxidation sites excluding steroid dienone is 18. The molecule has 0 aliphatic carbocycles. The normalized spacial score (nSPS) is 15.0. The third-order valence-corrected chi connectivity index (χ3v) is 14.9. The van der Waals surface area contributed by atoms with Crippen molar-refractivity contribution in [2.75, 3.05) is 39.6 Å². The Labute approximate surface area is 513 Å². The largest absolute Gasteiger partial charge is 0.472 e. The van der Waals surface area contributed by atoms with Gasteiger partial charge in [0.25, 0.3) is 0 Å². The zero-order valence-corrected chi connectivity index (χ0v) is 54.3. The molecule has 0 aliphatic rings. The number of aliphatic hydroxyl groups is 2. The summed E-state index contributed by atoms with van der Waals surface area (Å²) in [5.74, 6) is -1.64. The molecule has 488 valence electrons. The lowest BCUT2D eigenvalue weighted by molar-refractivity contribution is -0.161. The highest BCUT2D eigenvalue weighted by molar-refractivity contribution is 7.47. The monoisotopic (exact) mass is 1240 g/mol. The van der Waals surface area contributed by atoms with Crippen molar-refractivity contribution >= 4 is 33.6 Å². The fraction of sp³-hybridized carbons (Fsp3) is 0.687. The standard InChI is InChI=1S/C67H114O16P2/c1-4-7-10-13-16-19-22-25-28-30-33-35-38-41-44-47-50-53-65(70)77-56-62(68)57-79-84(73,74)80-58-63(69)59-81-85(75,76)82-61-64(83-67(72)55-52-49-46-43-40-37-32-27-24-21-18-15-12-9-6-3)60-78-66(71)54-51-48-45-42-39-36-34-31-29-26-23-20-17-14-11-8-5-2/h7-8,10-11,16-17,19-20,25-29,32-36,62-64,68-69H,4-6,9,12-15,18,21-24,30-31,37-61H2,1-3H3,(H,73,74)(H,75,76)/b10-7-,11-8-,19-16-,20-17-,28-25-,29-26-,32-27-,35-33-,36-34-. The van der Waals surface area contributed by atoms with Crippen LogP contribution in [0.4, 0.5) is 0 Å². The van der Waals surface area contributed by atoms with Crippen LogP contribution in [-0.4, -0.2) is 95.9 Å². The first kappa shape index (κ1) is 81.2. The molecule has 0 spiro atoms. The molecule has 0 rings (SSSR count). The highest BCUT2D eigenvalue weighted by atomic mass is 31.2. The summed E-state index contributed by atoms with van der Waals surface area (Å²) in [6.07, 6.45) is 65.7. The van der Waals surface area contributed by atoms with Crippen LogP contribution in [0.3, 0.4) is 0 Å². The minimum atomic E-state index is -4.93. The van der Waals surface area contributed by atoms with Crippen molar-refractivity contribution < 1.29 is 75.8 Å². The average Bonchev–Trinajstić information content (AvgIpc) is 3.48. The van der Waals surface area contributed by atoms with Crippen molar-refractivity contribution in [3.05, 3.63) is 109 Å². The Morgan fingerprint density at radius 1 is 0.341 bits per heavy atom. The molecule has 0 bridgehead atoms. The van der Waals surface area contributed by atoms with E-state index in [1.54, 1.807) is 0 Å². The number of aliphatic hydroxyl groups excluding tert-OH is 2. The van der Waals surface area contributed by atoms with Crippen molar-refractivity contribution in [1.29, 1.82) is 0 Å². The van der Waals surface area contributed by atoms with Crippen molar-refractivity contribution in [3.8, 4) is 0 Å². The van der Waals surface area contributed by atoms with Crippen LogP contribution < -0.4 is 0 Å². The molecular formula is C67H114O16P2. The van der Waals surface area contributed by atoms with E-state index in [0.29, 0.717) is 19.3 Å². The molecule has 16 nitrogen and oxygen atoms in total. The number of hydrogen-bond donors (Lipinski definition) is 4. The lowest BCUT2D eigenvalue weighted by Crippen LogP contribution is -2.30. The molecular weight excluding hydrogens is 1120 g/mol. The summed E-state index contributed by atoms with van der Waals surface area (Å²) in [7, 11) is -9.79. The summed E-state index contributed by atoms with van der Waals surface area (Å²) in [5.41, 5.74) is 0. The van der Waals surface area contributed by atoms with Gasteiger partial charge in [-0.2, -0.15) is 0 Å². The van der Waals surface area contributed by atoms with Gasteiger partial charge in [-0.1, -0.05) is 207 Å². The molecule has 0 aliphatic heterocycles. The van der Waals surface area contributed by atoms with Crippen LogP contribution in [-0.2, 0) is 55.8 Å². The molecule has 0 fully saturated rings. The molecule has 5 unspecified atom stereocenters. The number of hydrogen-bond acceptors (Lipinski definition) is 14. The molecule has 5 atom stereocenters. The van der Waals surface area contributed by atoms with E-state index in [4.69, 9.17) is 32.3 Å². The van der Waals surface area contributed by atoms with Gasteiger partial charge in [-0.25, -0.2) is 9.13 Å². The Bertz CT molecular complexity index is 1990. The minimum absolute atomic E-state index is 0.0864. The van der Waals surface area contributed by atoms with E-state index in [2.05, 4.69) is 130 Å². The summed E-state index contributed by atoms with van der Waals surface area (Å²) in [5, 5.41) is 20.5. The van der Waals surface area contributed by atoms with E-state index >= 15 is 0 Å². The molecule has 4 N–H and O–H groups in total. The predicted molar refractivity (Wildman–Crippen MR) is 344 cm³/mol.